The van der Waals surface area contributed by atoms with Crippen LogP contribution in [0.1, 0.15) is 42.2 Å². The molecule has 8 rings (SSSR count). The van der Waals surface area contributed by atoms with E-state index in [1.807, 2.05) is 0 Å². The summed E-state index contributed by atoms with van der Waals surface area (Å²) >= 11 is 6.27. The minimum absolute atomic E-state index is 0.000351. The summed E-state index contributed by atoms with van der Waals surface area (Å²) in [5.41, 5.74) is 2.20. The van der Waals surface area contributed by atoms with Crippen molar-refractivity contribution in [2.24, 2.45) is 0 Å². The third-order valence-corrected chi connectivity index (χ3v) is 10.9. The maximum atomic E-state index is 13.0. The summed E-state index contributed by atoms with van der Waals surface area (Å²) in [6.45, 7) is 3.42. The SMILES string of the molecule is O=C(O)[C@@H](Cc1cc(OCCN2CCN(O)CC2)ccc1OCc1ccnc(-c2ccccc2O)n1)Oc1ncnc2oc(C3CCC3)c(-c3ccc(O)c(Cl)c3O)c12. The molecule has 17 heteroatoms. The number of carboxylic acids is 1. The van der Waals surface area contributed by atoms with Gasteiger partial charge in [-0.15, -0.1) is 0 Å². The lowest BCUT2D eigenvalue weighted by molar-refractivity contribution is -0.145. The smallest absolute Gasteiger partial charge is 0.345 e. The molecule has 6 aromatic rings. The van der Waals surface area contributed by atoms with Gasteiger partial charge in [-0.05, 0) is 61.4 Å². The highest BCUT2D eigenvalue weighted by molar-refractivity contribution is 6.34. The van der Waals surface area contributed by atoms with Gasteiger partial charge in [0.2, 0.25) is 17.7 Å². The number of fused-ring (bicyclic) bond motifs is 1. The molecule has 2 fully saturated rings. The van der Waals surface area contributed by atoms with Gasteiger partial charge < -0.3 is 44.3 Å². The van der Waals surface area contributed by atoms with Crippen LogP contribution in [-0.2, 0) is 17.8 Å². The fourth-order valence-corrected chi connectivity index (χ4v) is 7.29. The summed E-state index contributed by atoms with van der Waals surface area (Å²) in [6, 6.07) is 16.4. The van der Waals surface area contributed by atoms with Crippen molar-refractivity contribution in [2.75, 3.05) is 39.3 Å². The van der Waals surface area contributed by atoms with Crippen LogP contribution in [0.4, 0.5) is 0 Å². The van der Waals surface area contributed by atoms with Crippen LogP contribution >= 0.6 is 11.6 Å². The third-order valence-electron chi connectivity index (χ3n) is 10.5. The molecule has 306 valence electrons. The van der Waals surface area contributed by atoms with Crippen molar-refractivity contribution in [3.63, 3.8) is 0 Å². The van der Waals surface area contributed by atoms with Gasteiger partial charge in [-0.1, -0.05) is 30.2 Å². The molecule has 0 amide bonds. The van der Waals surface area contributed by atoms with Crippen LogP contribution in [0.2, 0.25) is 5.02 Å². The number of benzene rings is 3. The Bertz CT molecular complexity index is 2470. The summed E-state index contributed by atoms with van der Waals surface area (Å²) in [6.07, 6.45) is 3.69. The summed E-state index contributed by atoms with van der Waals surface area (Å²) in [5.74, 6) is -0.384. The number of hydroxylamine groups is 2. The average molecular weight is 825 g/mol. The molecule has 1 aliphatic heterocycles. The highest BCUT2D eigenvalue weighted by Gasteiger charge is 2.34. The largest absolute Gasteiger partial charge is 0.507 e. The van der Waals surface area contributed by atoms with E-state index in [2.05, 4.69) is 24.8 Å². The molecule has 1 aliphatic carbocycles. The number of aromatic nitrogens is 4. The van der Waals surface area contributed by atoms with E-state index in [1.54, 1.807) is 54.7 Å². The average Bonchev–Trinajstić information content (AvgIpc) is 3.59. The zero-order valence-electron chi connectivity index (χ0n) is 31.7. The van der Waals surface area contributed by atoms with Gasteiger partial charge in [-0.3, -0.25) is 4.90 Å². The van der Waals surface area contributed by atoms with E-state index in [0.29, 0.717) is 84.8 Å². The second-order valence-corrected chi connectivity index (χ2v) is 14.7. The number of carbonyl (C=O) groups is 1. The Morgan fingerprint density at radius 2 is 1.75 bits per heavy atom. The van der Waals surface area contributed by atoms with Crippen molar-refractivity contribution < 1.29 is 49.1 Å². The van der Waals surface area contributed by atoms with E-state index < -0.39 is 12.1 Å². The number of ether oxygens (including phenoxy) is 3. The van der Waals surface area contributed by atoms with Crippen molar-refractivity contribution in [2.45, 2.75) is 44.3 Å². The number of aromatic hydroxyl groups is 3. The summed E-state index contributed by atoms with van der Waals surface area (Å²) < 4.78 is 24.9. The minimum atomic E-state index is -1.51. The van der Waals surface area contributed by atoms with Crippen LogP contribution < -0.4 is 14.2 Å². The molecule has 3 aromatic carbocycles. The number of aliphatic carboxylic acids is 1. The predicted molar refractivity (Wildman–Crippen MR) is 213 cm³/mol. The van der Waals surface area contributed by atoms with Crippen molar-refractivity contribution >= 4 is 28.7 Å². The highest BCUT2D eigenvalue weighted by atomic mass is 35.5. The van der Waals surface area contributed by atoms with E-state index in [0.717, 1.165) is 19.3 Å². The fourth-order valence-electron chi connectivity index (χ4n) is 7.13. The molecule has 0 bridgehead atoms. The summed E-state index contributed by atoms with van der Waals surface area (Å²) in [4.78, 5) is 32.8. The number of halogens is 1. The quantitative estimate of drug-likeness (QED) is 0.0754. The molecule has 1 saturated carbocycles. The van der Waals surface area contributed by atoms with E-state index >= 15 is 0 Å². The molecule has 59 heavy (non-hydrogen) atoms. The van der Waals surface area contributed by atoms with Gasteiger partial charge in [0.25, 0.3) is 0 Å². The van der Waals surface area contributed by atoms with Crippen molar-refractivity contribution in [3.8, 4) is 57.1 Å². The molecule has 0 spiro atoms. The molecule has 1 saturated heterocycles. The number of nitrogens with zero attached hydrogens (tertiary/aromatic N) is 6. The first kappa shape index (κ1) is 39.6. The number of para-hydroxylation sites is 1. The Balaban J connectivity index is 1.10. The lowest BCUT2D eigenvalue weighted by Crippen LogP contribution is -2.45. The second-order valence-electron chi connectivity index (χ2n) is 14.4. The molecular weight excluding hydrogens is 784 g/mol. The lowest BCUT2D eigenvalue weighted by atomic mass is 9.81. The first-order chi connectivity index (χ1) is 28.6. The minimum Gasteiger partial charge on any atom is -0.507 e. The topological polar surface area (TPSA) is 217 Å². The van der Waals surface area contributed by atoms with Gasteiger partial charge in [0.05, 0.1) is 11.3 Å². The molecule has 0 radical (unpaired) electrons. The number of piperazine rings is 1. The number of furan rings is 1. The Kier molecular flexibility index (Phi) is 11.6. The van der Waals surface area contributed by atoms with Gasteiger partial charge >= 0.3 is 5.97 Å². The van der Waals surface area contributed by atoms with Crippen molar-refractivity contribution in [1.82, 2.24) is 29.9 Å². The zero-order valence-corrected chi connectivity index (χ0v) is 32.5. The number of carboxylic acid groups (broad SMARTS) is 1. The van der Waals surface area contributed by atoms with Crippen LogP contribution in [0.25, 0.3) is 33.6 Å². The van der Waals surface area contributed by atoms with Gasteiger partial charge in [0.1, 0.15) is 64.5 Å². The Morgan fingerprint density at radius 3 is 2.51 bits per heavy atom. The molecule has 16 nitrogen and oxygen atoms in total. The summed E-state index contributed by atoms with van der Waals surface area (Å²) in [5, 5.41) is 53.3. The molecule has 3 aromatic heterocycles. The number of hydrogen-bond donors (Lipinski definition) is 5. The Hall–Kier alpha value is -6.20. The molecule has 1 atom stereocenters. The number of phenols is 3. The number of rotatable bonds is 15. The van der Waals surface area contributed by atoms with Crippen LogP contribution in [0.5, 0.6) is 34.6 Å². The maximum Gasteiger partial charge on any atom is 0.345 e. The standard InChI is InChI=1S/C42H41ClN6O10/c43-36-31(51)10-9-29(37(36)52)34-35-40(45-23-46-41(35)59-38(34)24-4-3-5-24)58-33(42(53)54)21-25-20-27(56-19-18-48-14-16-49(55)17-15-48)8-11-32(25)57-22-26-12-13-44-39(47-26)28-6-1-2-7-30(28)50/h1-2,6-13,20,23-24,33,50-52,55H,3-5,14-19,21-22H2,(H,53,54)/t33-/m1/s1. The van der Waals surface area contributed by atoms with E-state index in [1.165, 1.54) is 23.5 Å². The normalized spacial score (nSPS) is 15.5. The molecule has 0 unspecified atom stereocenters. The van der Waals surface area contributed by atoms with E-state index in [9.17, 15) is 30.4 Å². The van der Waals surface area contributed by atoms with Crippen molar-refractivity contribution in [3.05, 3.63) is 95.2 Å². The fraction of sp³-hybridized carbons (Fsp3) is 0.310. The first-order valence-electron chi connectivity index (χ1n) is 19.2. The highest BCUT2D eigenvalue weighted by Crippen LogP contribution is 2.51. The first-order valence-corrected chi connectivity index (χ1v) is 19.5. The number of phenolic OH excluding ortho intramolecular Hbond substituents is 3. The number of hydrogen-bond acceptors (Lipinski definition) is 15. The molecule has 4 heterocycles. The van der Waals surface area contributed by atoms with Crippen LogP contribution in [0.3, 0.4) is 0 Å². The monoisotopic (exact) mass is 824 g/mol. The maximum absolute atomic E-state index is 13.0. The van der Waals surface area contributed by atoms with E-state index in [4.69, 9.17) is 30.2 Å². The Labute approximate surface area is 342 Å². The second kappa shape index (κ2) is 17.3. The van der Waals surface area contributed by atoms with E-state index in [-0.39, 0.29) is 63.8 Å². The van der Waals surface area contributed by atoms with Crippen LogP contribution in [0, 0.1) is 0 Å². The summed E-state index contributed by atoms with van der Waals surface area (Å²) in [7, 11) is 0. The van der Waals surface area contributed by atoms with Crippen LogP contribution in [-0.4, -0.2) is 107 Å². The molecular formula is C42H41ClN6O10. The molecule has 2 aliphatic rings. The Morgan fingerprint density at radius 1 is 0.932 bits per heavy atom. The van der Waals surface area contributed by atoms with Gasteiger partial charge in [-0.2, -0.15) is 5.06 Å². The lowest BCUT2D eigenvalue weighted by Gasteiger charge is -2.30. The van der Waals surface area contributed by atoms with Gasteiger partial charge in [0, 0.05) is 67.9 Å². The van der Waals surface area contributed by atoms with Crippen LogP contribution in [0.15, 0.2) is 77.6 Å². The van der Waals surface area contributed by atoms with Gasteiger partial charge in [0.15, 0.2) is 5.82 Å². The third kappa shape index (κ3) is 8.66. The van der Waals surface area contributed by atoms with Gasteiger partial charge in [-0.25, -0.2) is 24.7 Å². The zero-order chi connectivity index (χ0) is 41.0. The molecule has 5 N–H and O–H groups in total. The van der Waals surface area contributed by atoms with Crippen molar-refractivity contribution in [1.29, 1.82) is 0 Å². The predicted octanol–water partition coefficient (Wildman–Crippen LogP) is 6.42.